The molecule has 0 saturated carbocycles. The fraction of sp³-hybridized carbons (Fsp3) is 0.333. The Morgan fingerprint density at radius 3 is 2.71 bits per heavy atom. The maximum Gasteiger partial charge on any atom is 0.289 e. The van der Waals surface area contributed by atoms with Crippen molar-refractivity contribution in [3.8, 4) is 5.75 Å². The maximum absolute atomic E-state index is 12.0. The highest BCUT2D eigenvalue weighted by molar-refractivity contribution is 9.10. The van der Waals surface area contributed by atoms with Gasteiger partial charge in [0.2, 0.25) is 0 Å². The molecule has 0 unspecified atom stereocenters. The van der Waals surface area contributed by atoms with Crippen LogP contribution in [0.1, 0.15) is 25.3 Å². The number of rotatable bonds is 6. The van der Waals surface area contributed by atoms with Crippen molar-refractivity contribution in [3.63, 3.8) is 0 Å². The molecule has 112 valence electrons. The molecule has 0 atom stereocenters. The number of aromatic nitrogens is 2. The van der Waals surface area contributed by atoms with Crippen molar-refractivity contribution in [2.24, 2.45) is 0 Å². The molecular formula is C15H16BrClN2O2. The largest absolute Gasteiger partial charge is 0.485 e. The van der Waals surface area contributed by atoms with Gasteiger partial charge in [-0.3, -0.25) is 4.79 Å². The molecule has 1 aromatic carbocycles. The second-order valence-electron chi connectivity index (χ2n) is 4.62. The molecule has 0 fully saturated rings. The quantitative estimate of drug-likeness (QED) is 0.770. The summed E-state index contributed by atoms with van der Waals surface area (Å²) in [6.07, 6.45) is 3.38. The van der Waals surface area contributed by atoms with Gasteiger partial charge in [-0.15, -0.1) is 0 Å². The van der Waals surface area contributed by atoms with E-state index in [-0.39, 0.29) is 10.6 Å². The van der Waals surface area contributed by atoms with Gasteiger partial charge in [-0.25, -0.2) is 4.68 Å². The van der Waals surface area contributed by atoms with Crippen LogP contribution in [0.15, 0.2) is 39.7 Å². The topological polar surface area (TPSA) is 44.1 Å². The zero-order valence-corrected chi connectivity index (χ0v) is 14.0. The van der Waals surface area contributed by atoms with Crippen molar-refractivity contribution >= 4 is 27.5 Å². The van der Waals surface area contributed by atoms with E-state index in [1.54, 1.807) is 0 Å². The van der Waals surface area contributed by atoms with Crippen LogP contribution in [0.2, 0.25) is 5.02 Å². The zero-order valence-electron chi connectivity index (χ0n) is 11.7. The van der Waals surface area contributed by atoms with E-state index in [2.05, 4.69) is 28.0 Å². The molecule has 4 nitrogen and oxygen atoms in total. The normalized spacial score (nSPS) is 10.6. The van der Waals surface area contributed by atoms with Gasteiger partial charge in [-0.2, -0.15) is 5.10 Å². The summed E-state index contributed by atoms with van der Waals surface area (Å²) < 4.78 is 7.96. The molecule has 0 aliphatic rings. The van der Waals surface area contributed by atoms with Crippen LogP contribution in [-0.2, 0) is 13.2 Å². The van der Waals surface area contributed by atoms with E-state index in [0.717, 1.165) is 22.9 Å². The number of unbranched alkanes of at least 4 members (excludes halogenated alkanes) is 1. The molecule has 0 aliphatic carbocycles. The molecule has 21 heavy (non-hydrogen) atoms. The molecule has 0 spiro atoms. The maximum atomic E-state index is 12.0. The average Bonchev–Trinajstić information content (AvgIpc) is 2.49. The lowest BCUT2D eigenvalue weighted by atomic mass is 10.2. The Kier molecular flexibility index (Phi) is 5.82. The first kappa shape index (κ1) is 16.0. The van der Waals surface area contributed by atoms with E-state index in [1.165, 1.54) is 10.9 Å². The van der Waals surface area contributed by atoms with Crippen molar-refractivity contribution in [2.75, 3.05) is 0 Å². The van der Waals surface area contributed by atoms with Gasteiger partial charge in [0.15, 0.2) is 10.8 Å². The van der Waals surface area contributed by atoms with E-state index >= 15 is 0 Å². The van der Waals surface area contributed by atoms with Gasteiger partial charge in [-0.1, -0.05) is 53.0 Å². The third kappa shape index (κ3) is 4.32. The first-order valence-corrected chi connectivity index (χ1v) is 7.91. The number of nitrogens with zero attached hydrogens (tertiary/aromatic N) is 2. The van der Waals surface area contributed by atoms with Crippen LogP contribution in [0, 0.1) is 0 Å². The van der Waals surface area contributed by atoms with Gasteiger partial charge in [0.05, 0.1) is 6.20 Å². The lowest BCUT2D eigenvalue weighted by Crippen LogP contribution is -2.23. The first-order valence-electron chi connectivity index (χ1n) is 6.74. The highest BCUT2D eigenvalue weighted by Crippen LogP contribution is 2.20. The van der Waals surface area contributed by atoms with Crippen molar-refractivity contribution in [2.45, 2.75) is 32.9 Å². The summed E-state index contributed by atoms with van der Waals surface area (Å²) in [5.74, 6) is 0.317. The van der Waals surface area contributed by atoms with Gasteiger partial charge in [0, 0.05) is 11.0 Å². The van der Waals surface area contributed by atoms with Crippen LogP contribution >= 0.6 is 27.5 Å². The van der Waals surface area contributed by atoms with Gasteiger partial charge in [0.1, 0.15) is 6.61 Å². The molecule has 1 aromatic heterocycles. The van der Waals surface area contributed by atoms with Crippen LogP contribution in [0.4, 0.5) is 0 Å². The lowest BCUT2D eigenvalue weighted by Gasteiger charge is -2.09. The van der Waals surface area contributed by atoms with Crippen molar-refractivity contribution < 1.29 is 4.74 Å². The van der Waals surface area contributed by atoms with Crippen LogP contribution in [0.25, 0.3) is 0 Å². The van der Waals surface area contributed by atoms with Gasteiger partial charge >= 0.3 is 0 Å². The second-order valence-corrected chi connectivity index (χ2v) is 5.91. The summed E-state index contributed by atoms with van der Waals surface area (Å²) in [6, 6.07) is 7.74. The van der Waals surface area contributed by atoms with Crippen LogP contribution in [0.5, 0.6) is 5.75 Å². The van der Waals surface area contributed by atoms with E-state index in [4.69, 9.17) is 16.3 Å². The number of benzene rings is 1. The van der Waals surface area contributed by atoms with Gasteiger partial charge in [0.25, 0.3) is 5.56 Å². The van der Waals surface area contributed by atoms with Gasteiger partial charge in [-0.05, 0) is 24.1 Å². The van der Waals surface area contributed by atoms with Crippen LogP contribution in [0.3, 0.4) is 0 Å². The Hall–Kier alpha value is -1.33. The summed E-state index contributed by atoms with van der Waals surface area (Å²) >= 11 is 9.44. The Bertz CT molecular complexity index is 656. The summed E-state index contributed by atoms with van der Waals surface area (Å²) in [5.41, 5.74) is 0.683. The van der Waals surface area contributed by atoms with E-state index < -0.39 is 0 Å². The molecule has 0 aliphatic heterocycles. The molecule has 2 aromatic rings. The molecule has 0 saturated heterocycles. The minimum Gasteiger partial charge on any atom is -0.485 e. The van der Waals surface area contributed by atoms with Crippen molar-refractivity contribution in [1.82, 2.24) is 9.78 Å². The number of hydrogen-bond donors (Lipinski definition) is 0. The zero-order chi connectivity index (χ0) is 15.2. The highest BCUT2D eigenvalue weighted by Gasteiger charge is 2.10. The monoisotopic (exact) mass is 370 g/mol. The Morgan fingerprint density at radius 2 is 2.05 bits per heavy atom. The predicted molar refractivity (Wildman–Crippen MR) is 86.9 cm³/mol. The van der Waals surface area contributed by atoms with E-state index in [1.807, 2.05) is 24.3 Å². The van der Waals surface area contributed by atoms with Crippen LogP contribution in [-0.4, -0.2) is 9.78 Å². The molecular weight excluding hydrogens is 356 g/mol. The van der Waals surface area contributed by atoms with Gasteiger partial charge < -0.3 is 4.74 Å². The summed E-state index contributed by atoms with van der Waals surface area (Å²) in [6.45, 7) is 2.97. The van der Waals surface area contributed by atoms with Crippen molar-refractivity contribution in [1.29, 1.82) is 0 Å². The highest BCUT2D eigenvalue weighted by atomic mass is 79.9. The van der Waals surface area contributed by atoms with E-state index in [9.17, 15) is 4.79 Å². The minimum absolute atomic E-state index is 0.0817. The third-order valence-electron chi connectivity index (χ3n) is 2.98. The summed E-state index contributed by atoms with van der Waals surface area (Å²) in [4.78, 5) is 12.0. The fourth-order valence-corrected chi connectivity index (χ4v) is 2.22. The molecule has 1 heterocycles. The second kappa shape index (κ2) is 7.61. The SMILES string of the molecule is CCCCn1ncc(OCc2ccc(Br)cc2)c(Cl)c1=O. The number of ether oxygens (including phenoxy) is 1. The number of hydrogen-bond acceptors (Lipinski definition) is 3. The lowest BCUT2D eigenvalue weighted by molar-refractivity contribution is 0.302. The number of halogens is 2. The third-order valence-corrected chi connectivity index (χ3v) is 3.86. The predicted octanol–water partition coefficient (Wildman–Crippen LogP) is 4.04. The standard InChI is InChI=1S/C15H16BrClN2O2/c1-2-3-8-19-15(20)14(17)13(9-18-19)21-10-11-4-6-12(16)7-5-11/h4-7,9H,2-3,8,10H2,1H3. The molecule has 6 heteroatoms. The summed E-state index contributed by atoms with van der Waals surface area (Å²) in [7, 11) is 0. The smallest absolute Gasteiger partial charge is 0.289 e. The fourth-order valence-electron chi connectivity index (χ4n) is 1.76. The molecule has 0 bridgehead atoms. The Balaban J connectivity index is 2.08. The molecule has 0 radical (unpaired) electrons. The minimum atomic E-state index is -0.307. The summed E-state index contributed by atoms with van der Waals surface area (Å²) in [5, 5.41) is 4.17. The average molecular weight is 372 g/mol. The molecule has 0 N–H and O–H groups in total. The Labute approximate surface area is 136 Å². The number of aryl methyl sites for hydroxylation is 1. The molecule has 0 amide bonds. The Morgan fingerprint density at radius 1 is 1.33 bits per heavy atom. The van der Waals surface area contributed by atoms with Crippen molar-refractivity contribution in [3.05, 3.63) is 55.9 Å². The molecule has 2 rings (SSSR count). The van der Waals surface area contributed by atoms with Crippen LogP contribution < -0.4 is 10.3 Å². The van der Waals surface area contributed by atoms with E-state index in [0.29, 0.717) is 18.9 Å². The first-order chi connectivity index (χ1) is 10.1.